The van der Waals surface area contributed by atoms with Crippen LogP contribution in [0.1, 0.15) is 43.1 Å². The van der Waals surface area contributed by atoms with E-state index in [1.54, 1.807) is 4.90 Å². The summed E-state index contributed by atoms with van der Waals surface area (Å²) in [6, 6.07) is -0.362. The van der Waals surface area contributed by atoms with Crippen LogP contribution in [-0.2, 0) is 0 Å². The summed E-state index contributed by atoms with van der Waals surface area (Å²) in [6.45, 7) is 1.05. The zero-order valence-corrected chi connectivity index (χ0v) is 17.0. The Hall–Kier alpha value is -2.95. The topological polar surface area (TPSA) is 110 Å². The number of hydrogen-bond acceptors (Lipinski definition) is 6. The third-order valence-corrected chi connectivity index (χ3v) is 5.63. The first-order valence-electron chi connectivity index (χ1n) is 9.99. The number of anilines is 2. The third-order valence-electron chi connectivity index (χ3n) is 5.63. The molecule has 2 fully saturated rings. The molecule has 11 heteroatoms. The summed E-state index contributed by atoms with van der Waals surface area (Å²) < 4.78 is 48.6. The van der Waals surface area contributed by atoms with Crippen molar-refractivity contribution in [3.8, 4) is 5.75 Å². The number of nitrogens with two attached hydrogens (primary N) is 1. The Kier molecular flexibility index (Phi) is 5.24. The van der Waals surface area contributed by atoms with Gasteiger partial charge in [0.25, 0.3) is 0 Å². The molecule has 2 aliphatic rings. The molecule has 2 atom stereocenters. The normalized spacial score (nSPS) is 21.7. The van der Waals surface area contributed by atoms with Gasteiger partial charge in [-0.3, -0.25) is 4.79 Å². The number of aromatic carboxylic acids is 1. The Labute approximate surface area is 175 Å². The van der Waals surface area contributed by atoms with E-state index in [0.717, 1.165) is 6.20 Å². The molecule has 0 bridgehead atoms. The van der Waals surface area contributed by atoms with E-state index >= 15 is 4.39 Å². The molecule has 2 heterocycles. The maximum atomic E-state index is 15.5. The average molecular weight is 440 g/mol. The molecule has 8 nitrogen and oxygen atoms in total. The SMILES string of the molecule is CC1CN(c2c(F)c(N)c3c(=O)c(C(=O)O)cn(C4CC4)c3c2OC(F)F)CC(C)N1. The number of nitrogen functional groups attached to an aromatic ring is 1. The molecule has 31 heavy (non-hydrogen) atoms. The molecular formula is C20H23F3N4O4. The van der Waals surface area contributed by atoms with Crippen LogP contribution in [0.5, 0.6) is 5.75 Å². The lowest BCUT2D eigenvalue weighted by molar-refractivity contribution is -0.0488. The fourth-order valence-corrected chi connectivity index (χ4v) is 4.35. The van der Waals surface area contributed by atoms with Crippen LogP contribution in [-0.4, -0.2) is 47.4 Å². The van der Waals surface area contributed by atoms with Gasteiger partial charge in [0.2, 0.25) is 5.43 Å². The van der Waals surface area contributed by atoms with Gasteiger partial charge in [0.05, 0.1) is 16.6 Å². The number of hydrogen-bond donors (Lipinski definition) is 3. The van der Waals surface area contributed by atoms with Crippen LogP contribution in [0.3, 0.4) is 0 Å². The molecule has 1 saturated heterocycles. The van der Waals surface area contributed by atoms with Crippen LogP contribution < -0.4 is 26.1 Å². The molecule has 0 spiro atoms. The number of alkyl halides is 2. The molecule has 168 valence electrons. The summed E-state index contributed by atoms with van der Waals surface area (Å²) in [5, 5.41) is 12.2. The first-order valence-corrected chi connectivity index (χ1v) is 9.99. The van der Waals surface area contributed by atoms with E-state index in [-0.39, 0.29) is 29.3 Å². The maximum Gasteiger partial charge on any atom is 0.387 e. The van der Waals surface area contributed by atoms with Crippen LogP contribution in [0.2, 0.25) is 0 Å². The highest BCUT2D eigenvalue weighted by Gasteiger charge is 2.35. The van der Waals surface area contributed by atoms with Crippen LogP contribution >= 0.6 is 0 Å². The zero-order chi connectivity index (χ0) is 22.6. The first kappa shape index (κ1) is 21.3. The van der Waals surface area contributed by atoms with Gasteiger partial charge in [-0.25, -0.2) is 9.18 Å². The summed E-state index contributed by atoms with van der Waals surface area (Å²) in [5.41, 5.74) is 3.41. The highest BCUT2D eigenvalue weighted by atomic mass is 19.3. The minimum Gasteiger partial charge on any atom is -0.477 e. The van der Waals surface area contributed by atoms with E-state index in [9.17, 15) is 23.5 Å². The predicted octanol–water partition coefficient (Wildman–Crippen LogP) is 2.54. The number of ether oxygens (including phenoxy) is 1. The lowest BCUT2D eigenvalue weighted by Gasteiger charge is -2.38. The van der Waals surface area contributed by atoms with E-state index in [4.69, 9.17) is 10.5 Å². The first-order chi connectivity index (χ1) is 14.6. The predicted molar refractivity (Wildman–Crippen MR) is 109 cm³/mol. The van der Waals surface area contributed by atoms with E-state index < -0.39 is 46.2 Å². The summed E-state index contributed by atoms with van der Waals surface area (Å²) >= 11 is 0. The van der Waals surface area contributed by atoms with Crippen molar-refractivity contribution in [1.29, 1.82) is 0 Å². The van der Waals surface area contributed by atoms with Gasteiger partial charge in [-0.15, -0.1) is 0 Å². The molecular weight excluding hydrogens is 417 g/mol. The summed E-state index contributed by atoms with van der Waals surface area (Å²) in [4.78, 5) is 26.0. The van der Waals surface area contributed by atoms with Crippen LogP contribution in [0, 0.1) is 5.82 Å². The number of halogens is 3. The molecule has 0 amide bonds. The lowest BCUT2D eigenvalue weighted by Crippen LogP contribution is -2.54. The quantitative estimate of drug-likeness (QED) is 0.613. The van der Waals surface area contributed by atoms with Crippen molar-refractivity contribution in [2.45, 2.75) is 51.4 Å². The second-order valence-corrected chi connectivity index (χ2v) is 8.20. The van der Waals surface area contributed by atoms with Gasteiger partial charge in [0.15, 0.2) is 11.6 Å². The molecule has 1 saturated carbocycles. The van der Waals surface area contributed by atoms with E-state index in [0.29, 0.717) is 25.9 Å². The summed E-state index contributed by atoms with van der Waals surface area (Å²) in [6.07, 6.45) is 2.41. The monoisotopic (exact) mass is 440 g/mol. The van der Waals surface area contributed by atoms with Crippen molar-refractivity contribution in [3.63, 3.8) is 0 Å². The lowest BCUT2D eigenvalue weighted by atomic mass is 10.0. The van der Waals surface area contributed by atoms with Crippen molar-refractivity contribution in [2.24, 2.45) is 0 Å². The van der Waals surface area contributed by atoms with Crippen molar-refractivity contribution in [3.05, 3.63) is 27.8 Å². The smallest absolute Gasteiger partial charge is 0.387 e. The highest BCUT2D eigenvalue weighted by molar-refractivity contribution is 6.03. The minimum absolute atomic E-state index is 0.0699. The number of carboxylic acid groups (broad SMARTS) is 1. The number of benzene rings is 1. The second kappa shape index (κ2) is 7.63. The number of fused-ring (bicyclic) bond motifs is 1. The van der Waals surface area contributed by atoms with Crippen molar-refractivity contribution >= 4 is 28.2 Å². The van der Waals surface area contributed by atoms with Crippen molar-refractivity contribution < 1.29 is 27.8 Å². The van der Waals surface area contributed by atoms with Gasteiger partial charge in [-0.05, 0) is 26.7 Å². The largest absolute Gasteiger partial charge is 0.477 e. The number of carbonyl (C=O) groups is 1. The van der Waals surface area contributed by atoms with Crippen molar-refractivity contribution in [1.82, 2.24) is 9.88 Å². The molecule has 1 aliphatic heterocycles. The Balaban J connectivity index is 2.11. The van der Waals surface area contributed by atoms with Gasteiger partial charge >= 0.3 is 12.6 Å². The number of carboxylic acids is 1. The number of pyridine rings is 1. The van der Waals surface area contributed by atoms with Gasteiger partial charge < -0.3 is 30.4 Å². The Morgan fingerprint density at radius 1 is 1.29 bits per heavy atom. The second-order valence-electron chi connectivity index (χ2n) is 8.20. The average Bonchev–Trinajstić information content (AvgIpc) is 3.49. The highest BCUT2D eigenvalue weighted by Crippen LogP contribution is 2.46. The van der Waals surface area contributed by atoms with Gasteiger partial charge in [-0.2, -0.15) is 8.78 Å². The molecule has 4 rings (SSSR count). The number of aromatic nitrogens is 1. The van der Waals surface area contributed by atoms with Gasteiger partial charge in [0, 0.05) is 37.4 Å². The molecule has 1 aliphatic carbocycles. The van der Waals surface area contributed by atoms with Crippen LogP contribution in [0.25, 0.3) is 10.9 Å². The molecule has 2 unspecified atom stereocenters. The molecule has 4 N–H and O–H groups in total. The van der Waals surface area contributed by atoms with E-state index in [2.05, 4.69) is 5.32 Å². The van der Waals surface area contributed by atoms with E-state index in [1.165, 1.54) is 4.57 Å². The Bertz CT molecular complexity index is 1110. The molecule has 1 aromatic heterocycles. The number of nitrogens with one attached hydrogen (secondary N) is 1. The number of piperazine rings is 1. The Morgan fingerprint density at radius 3 is 2.42 bits per heavy atom. The van der Waals surface area contributed by atoms with E-state index in [1.807, 2.05) is 13.8 Å². The minimum atomic E-state index is -3.29. The fourth-order valence-electron chi connectivity index (χ4n) is 4.35. The standard InChI is InChI=1S/C20H23F3N4O4/c1-8-5-26(6-9(2)25-8)16-13(21)14(24)12-15(18(16)31-20(22)23)27(10-3-4-10)7-11(17(12)28)19(29)30/h7-10,20,25H,3-6,24H2,1-2H3,(H,29,30). The molecule has 2 aromatic rings. The van der Waals surface area contributed by atoms with Crippen LogP contribution in [0.15, 0.2) is 11.0 Å². The van der Waals surface area contributed by atoms with Crippen LogP contribution in [0.4, 0.5) is 24.5 Å². The zero-order valence-electron chi connectivity index (χ0n) is 17.0. The third kappa shape index (κ3) is 3.67. The number of nitrogens with zero attached hydrogens (tertiary/aromatic N) is 2. The summed E-state index contributed by atoms with van der Waals surface area (Å²) in [7, 11) is 0. The molecule has 1 aromatic carbocycles. The Morgan fingerprint density at radius 2 is 1.90 bits per heavy atom. The van der Waals surface area contributed by atoms with Crippen molar-refractivity contribution in [2.75, 3.05) is 23.7 Å². The molecule has 0 radical (unpaired) electrons. The van der Waals surface area contributed by atoms with Gasteiger partial charge in [-0.1, -0.05) is 0 Å². The number of rotatable bonds is 5. The fraction of sp³-hybridized carbons (Fsp3) is 0.500. The summed E-state index contributed by atoms with van der Waals surface area (Å²) in [5.74, 6) is -3.09. The van der Waals surface area contributed by atoms with Gasteiger partial charge in [0.1, 0.15) is 11.3 Å². The maximum absolute atomic E-state index is 15.5.